The molecular weight excluding hydrogens is 324 g/mol. The third-order valence-corrected chi connectivity index (χ3v) is 6.97. The molecule has 7 heteroatoms. The van der Waals surface area contributed by atoms with Gasteiger partial charge in [0.2, 0.25) is 10.0 Å². The fourth-order valence-corrected chi connectivity index (χ4v) is 4.05. The number of sulfonamides is 1. The Labute approximate surface area is 148 Å². The smallest absolute Gasteiger partial charge is 0.213 e. The summed E-state index contributed by atoms with van der Waals surface area (Å²) < 4.78 is 24.9. The van der Waals surface area contributed by atoms with Gasteiger partial charge in [-0.2, -0.15) is 0 Å². The fourth-order valence-electron chi connectivity index (χ4n) is 3.20. The van der Waals surface area contributed by atoms with Gasteiger partial charge in [-0.15, -0.1) is 0 Å². The molecule has 1 aliphatic rings. The number of nitrogens with zero attached hydrogens (tertiary/aromatic N) is 2. The second-order valence-corrected chi connectivity index (χ2v) is 9.12. The highest BCUT2D eigenvalue weighted by atomic mass is 32.2. The third kappa shape index (κ3) is 6.59. The van der Waals surface area contributed by atoms with Gasteiger partial charge in [-0.25, -0.2) is 12.7 Å². The highest BCUT2D eigenvalue weighted by Gasteiger charge is 2.31. The van der Waals surface area contributed by atoms with Crippen LogP contribution in [0.1, 0.15) is 59.3 Å². The molecule has 0 heterocycles. The first-order valence-corrected chi connectivity index (χ1v) is 11.0. The molecule has 0 unspecified atom stereocenters. The largest absolute Gasteiger partial charge is 0.357 e. The Morgan fingerprint density at radius 3 is 2.38 bits per heavy atom. The van der Waals surface area contributed by atoms with Crippen LogP contribution in [0.25, 0.3) is 0 Å². The van der Waals surface area contributed by atoms with E-state index < -0.39 is 10.0 Å². The van der Waals surface area contributed by atoms with Crippen molar-refractivity contribution in [1.29, 1.82) is 0 Å². The molecule has 1 rings (SSSR count). The van der Waals surface area contributed by atoms with E-state index in [1.54, 1.807) is 14.0 Å². The Balaban J connectivity index is 2.44. The Morgan fingerprint density at radius 1 is 1.17 bits per heavy atom. The highest BCUT2D eigenvalue weighted by Crippen LogP contribution is 2.41. The van der Waals surface area contributed by atoms with Crippen LogP contribution in [-0.2, 0) is 10.0 Å². The van der Waals surface area contributed by atoms with Gasteiger partial charge >= 0.3 is 0 Å². The lowest BCUT2D eigenvalue weighted by Gasteiger charge is -2.25. The van der Waals surface area contributed by atoms with Crippen LogP contribution in [0.15, 0.2) is 4.99 Å². The number of guanidine groups is 1. The molecule has 6 nitrogen and oxygen atoms in total. The van der Waals surface area contributed by atoms with Crippen LogP contribution in [-0.4, -0.2) is 57.7 Å². The van der Waals surface area contributed by atoms with E-state index in [0.29, 0.717) is 18.5 Å². The Kier molecular flexibility index (Phi) is 9.05. The molecule has 1 saturated carbocycles. The topological polar surface area (TPSA) is 73.8 Å². The minimum absolute atomic E-state index is 0.153. The maximum atomic E-state index is 11.7. The Hall–Kier alpha value is -0.820. The second kappa shape index (κ2) is 10.2. The van der Waals surface area contributed by atoms with Gasteiger partial charge in [0, 0.05) is 33.2 Å². The van der Waals surface area contributed by atoms with Gasteiger partial charge in [0.25, 0.3) is 0 Å². The van der Waals surface area contributed by atoms with Gasteiger partial charge in [-0.1, -0.05) is 19.8 Å². The zero-order valence-electron chi connectivity index (χ0n) is 15.9. The summed E-state index contributed by atoms with van der Waals surface area (Å²) in [6, 6.07) is 0. The maximum Gasteiger partial charge on any atom is 0.213 e. The van der Waals surface area contributed by atoms with Crippen molar-refractivity contribution in [3.63, 3.8) is 0 Å². The first kappa shape index (κ1) is 21.2. The van der Waals surface area contributed by atoms with Gasteiger partial charge in [0.15, 0.2) is 5.96 Å². The lowest BCUT2D eigenvalue weighted by atomic mass is 9.84. The summed E-state index contributed by atoms with van der Waals surface area (Å²) in [6.07, 6.45) is 7.17. The Bertz CT molecular complexity index is 485. The molecule has 1 aliphatic carbocycles. The van der Waals surface area contributed by atoms with E-state index in [1.807, 2.05) is 0 Å². The average Bonchev–Trinajstić information content (AvgIpc) is 3.05. The van der Waals surface area contributed by atoms with Crippen LogP contribution < -0.4 is 10.6 Å². The second-order valence-electron chi connectivity index (χ2n) is 6.76. The molecule has 0 atom stereocenters. The molecule has 0 aromatic carbocycles. The standard InChI is InChI=1S/C17H36N4O2S/c1-5-17(11-8-9-12-17)15-20-16(18-6-2)19-13-10-14-21(4)24(22,23)7-3/h5-15H2,1-4H3,(H2,18,19,20). The molecule has 0 aromatic rings. The molecule has 2 N–H and O–H groups in total. The van der Waals surface area contributed by atoms with Gasteiger partial charge in [-0.05, 0) is 44.9 Å². The van der Waals surface area contributed by atoms with Crippen molar-refractivity contribution in [3.8, 4) is 0 Å². The summed E-state index contributed by atoms with van der Waals surface area (Å²) in [7, 11) is -1.44. The molecule has 0 aromatic heterocycles. The van der Waals surface area contributed by atoms with Crippen molar-refractivity contribution in [1.82, 2.24) is 14.9 Å². The van der Waals surface area contributed by atoms with Crippen molar-refractivity contribution in [2.24, 2.45) is 10.4 Å². The Morgan fingerprint density at radius 2 is 1.83 bits per heavy atom. The summed E-state index contributed by atoms with van der Waals surface area (Å²) >= 11 is 0. The number of hydrogen-bond acceptors (Lipinski definition) is 3. The number of rotatable bonds is 10. The van der Waals surface area contributed by atoms with Gasteiger partial charge < -0.3 is 10.6 Å². The highest BCUT2D eigenvalue weighted by molar-refractivity contribution is 7.89. The van der Waals surface area contributed by atoms with Crippen molar-refractivity contribution < 1.29 is 8.42 Å². The van der Waals surface area contributed by atoms with Crippen LogP contribution >= 0.6 is 0 Å². The van der Waals surface area contributed by atoms with Gasteiger partial charge in [0.05, 0.1) is 5.75 Å². The summed E-state index contributed by atoms with van der Waals surface area (Å²) in [6.45, 7) is 8.95. The fraction of sp³-hybridized carbons (Fsp3) is 0.941. The number of aliphatic imine (C=N–C) groups is 1. The van der Waals surface area contributed by atoms with Crippen molar-refractivity contribution in [3.05, 3.63) is 0 Å². The molecule has 0 aliphatic heterocycles. The predicted molar refractivity (Wildman–Crippen MR) is 102 cm³/mol. The van der Waals surface area contributed by atoms with Crippen molar-refractivity contribution in [2.45, 2.75) is 59.3 Å². The molecule has 0 bridgehead atoms. The number of nitrogens with one attached hydrogen (secondary N) is 2. The first-order valence-electron chi connectivity index (χ1n) is 9.35. The third-order valence-electron chi connectivity index (χ3n) is 5.11. The molecule has 0 spiro atoms. The van der Waals surface area contributed by atoms with E-state index in [9.17, 15) is 8.42 Å². The average molecular weight is 361 g/mol. The van der Waals surface area contributed by atoms with Crippen molar-refractivity contribution >= 4 is 16.0 Å². The minimum Gasteiger partial charge on any atom is -0.357 e. The zero-order valence-corrected chi connectivity index (χ0v) is 16.7. The molecule has 1 fully saturated rings. The lowest BCUT2D eigenvalue weighted by Crippen LogP contribution is -2.40. The quantitative estimate of drug-likeness (QED) is 0.356. The van der Waals surface area contributed by atoms with Crippen LogP contribution in [0.2, 0.25) is 0 Å². The van der Waals surface area contributed by atoms with E-state index >= 15 is 0 Å². The summed E-state index contributed by atoms with van der Waals surface area (Å²) in [5.41, 5.74) is 0.387. The predicted octanol–water partition coefficient (Wildman–Crippen LogP) is 2.18. The monoisotopic (exact) mass is 360 g/mol. The minimum atomic E-state index is -3.08. The summed E-state index contributed by atoms with van der Waals surface area (Å²) in [5.74, 6) is 0.998. The first-order chi connectivity index (χ1) is 11.4. The normalized spacial score (nSPS) is 18.1. The SMILES string of the molecule is CCNC(=NCC1(CC)CCCC1)NCCCN(C)S(=O)(=O)CC. The lowest BCUT2D eigenvalue weighted by molar-refractivity contribution is 0.297. The molecule has 142 valence electrons. The maximum absolute atomic E-state index is 11.7. The molecular formula is C17H36N4O2S. The number of hydrogen-bond donors (Lipinski definition) is 2. The molecule has 24 heavy (non-hydrogen) atoms. The van der Waals surface area contributed by atoms with E-state index in [-0.39, 0.29) is 5.75 Å². The molecule has 0 saturated heterocycles. The van der Waals surface area contributed by atoms with Gasteiger partial charge in [0.1, 0.15) is 0 Å². The molecule has 0 amide bonds. The zero-order chi connectivity index (χ0) is 18.1. The summed E-state index contributed by atoms with van der Waals surface area (Å²) in [5, 5.41) is 6.61. The van der Waals surface area contributed by atoms with E-state index in [2.05, 4.69) is 24.5 Å². The van der Waals surface area contributed by atoms with Crippen molar-refractivity contribution in [2.75, 3.05) is 39.0 Å². The van der Waals surface area contributed by atoms with E-state index in [1.165, 1.54) is 36.4 Å². The van der Waals surface area contributed by atoms with Crippen LogP contribution in [0.5, 0.6) is 0 Å². The summed E-state index contributed by atoms with van der Waals surface area (Å²) in [4.78, 5) is 4.78. The van der Waals surface area contributed by atoms with Crippen LogP contribution in [0.3, 0.4) is 0 Å². The molecule has 0 radical (unpaired) electrons. The van der Waals surface area contributed by atoms with E-state index in [4.69, 9.17) is 4.99 Å². The van der Waals surface area contributed by atoms with E-state index in [0.717, 1.165) is 25.5 Å². The van der Waals surface area contributed by atoms with Crippen LogP contribution in [0, 0.1) is 5.41 Å². The van der Waals surface area contributed by atoms with Gasteiger partial charge in [-0.3, -0.25) is 4.99 Å². The van der Waals surface area contributed by atoms with Crippen LogP contribution in [0.4, 0.5) is 0 Å².